The summed E-state index contributed by atoms with van der Waals surface area (Å²) < 4.78 is 1.32. The van der Waals surface area contributed by atoms with Crippen molar-refractivity contribution in [2.75, 3.05) is 5.73 Å². The Morgan fingerprint density at radius 3 is 2.81 bits per heavy atom. The lowest BCUT2D eigenvalue weighted by Gasteiger charge is -2.05. The van der Waals surface area contributed by atoms with Crippen molar-refractivity contribution >= 4 is 17.3 Å². The van der Waals surface area contributed by atoms with Gasteiger partial charge in [-0.2, -0.15) is 5.10 Å². The monoisotopic (exact) mass is 235 g/mol. The Balaban J connectivity index is 2.35. The number of hydrogen-bond donors (Lipinski definition) is 1. The van der Waals surface area contributed by atoms with E-state index in [0.717, 1.165) is 5.56 Å². The minimum Gasteiger partial charge on any atom is -0.397 e. The van der Waals surface area contributed by atoms with E-state index in [4.69, 9.17) is 17.3 Å². The van der Waals surface area contributed by atoms with Crippen LogP contribution in [0, 0.1) is 0 Å². The molecule has 1 aromatic carbocycles. The highest BCUT2D eigenvalue weighted by Crippen LogP contribution is 2.15. The fourth-order valence-electron chi connectivity index (χ4n) is 1.35. The Bertz CT molecular complexity index is 565. The molecule has 0 radical (unpaired) electrons. The zero-order valence-electron chi connectivity index (χ0n) is 8.43. The normalized spacial score (nSPS) is 10.3. The summed E-state index contributed by atoms with van der Waals surface area (Å²) in [5.41, 5.74) is 6.42. The Morgan fingerprint density at radius 1 is 1.38 bits per heavy atom. The van der Waals surface area contributed by atoms with E-state index >= 15 is 0 Å². The van der Waals surface area contributed by atoms with Crippen LogP contribution in [0.2, 0.25) is 5.02 Å². The summed E-state index contributed by atoms with van der Waals surface area (Å²) in [5, 5.41) is 4.55. The second-order valence-electron chi connectivity index (χ2n) is 3.38. The van der Waals surface area contributed by atoms with Crippen molar-refractivity contribution in [2.24, 2.45) is 0 Å². The molecule has 0 spiro atoms. The summed E-state index contributed by atoms with van der Waals surface area (Å²) in [6.45, 7) is 0.346. The molecule has 82 valence electrons. The molecule has 0 atom stereocenters. The summed E-state index contributed by atoms with van der Waals surface area (Å²) in [5.74, 6) is 0. The SMILES string of the molecule is Nc1cnn(Cc2ccccc2Cl)c(=O)c1. The second kappa shape index (κ2) is 4.37. The van der Waals surface area contributed by atoms with Gasteiger partial charge in [-0.15, -0.1) is 0 Å². The van der Waals surface area contributed by atoms with Gasteiger partial charge >= 0.3 is 0 Å². The van der Waals surface area contributed by atoms with E-state index in [2.05, 4.69) is 5.10 Å². The van der Waals surface area contributed by atoms with E-state index in [9.17, 15) is 4.79 Å². The first kappa shape index (κ1) is 10.7. The highest BCUT2D eigenvalue weighted by molar-refractivity contribution is 6.31. The Kier molecular flexibility index (Phi) is 2.92. The van der Waals surface area contributed by atoms with Gasteiger partial charge in [-0.1, -0.05) is 29.8 Å². The lowest BCUT2D eigenvalue weighted by atomic mass is 10.2. The van der Waals surface area contributed by atoms with Crippen LogP contribution in [0.4, 0.5) is 5.69 Å². The van der Waals surface area contributed by atoms with Crippen molar-refractivity contribution in [1.29, 1.82) is 0 Å². The lowest BCUT2D eigenvalue weighted by Crippen LogP contribution is -2.23. The smallest absolute Gasteiger partial charge is 0.269 e. The maximum atomic E-state index is 11.5. The number of halogens is 1. The average Bonchev–Trinajstić information content (AvgIpc) is 2.25. The Hall–Kier alpha value is -1.81. The van der Waals surface area contributed by atoms with Gasteiger partial charge in [0.15, 0.2) is 0 Å². The van der Waals surface area contributed by atoms with E-state index in [0.29, 0.717) is 17.3 Å². The molecule has 0 amide bonds. The van der Waals surface area contributed by atoms with Crippen LogP contribution in [0.15, 0.2) is 41.3 Å². The maximum Gasteiger partial charge on any atom is 0.269 e. The highest BCUT2D eigenvalue weighted by Gasteiger charge is 2.02. The summed E-state index contributed by atoms with van der Waals surface area (Å²) >= 11 is 5.99. The van der Waals surface area contributed by atoms with Gasteiger partial charge in [0.2, 0.25) is 0 Å². The number of nitrogens with two attached hydrogens (primary N) is 1. The molecule has 2 rings (SSSR count). The van der Waals surface area contributed by atoms with Gasteiger partial charge in [0.05, 0.1) is 18.4 Å². The minimum absolute atomic E-state index is 0.236. The van der Waals surface area contributed by atoms with Gasteiger partial charge in [-0.05, 0) is 11.6 Å². The third-order valence-corrected chi connectivity index (χ3v) is 2.54. The van der Waals surface area contributed by atoms with Gasteiger partial charge in [0, 0.05) is 11.1 Å². The van der Waals surface area contributed by atoms with Gasteiger partial charge in [0.1, 0.15) is 0 Å². The van der Waals surface area contributed by atoms with E-state index in [-0.39, 0.29) is 5.56 Å². The second-order valence-corrected chi connectivity index (χ2v) is 3.78. The van der Waals surface area contributed by atoms with Crippen molar-refractivity contribution < 1.29 is 0 Å². The van der Waals surface area contributed by atoms with Crippen LogP contribution in [0.25, 0.3) is 0 Å². The van der Waals surface area contributed by atoms with Crippen LogP contribution in [-0.2, 0) is 6.54 Å². The predicted octanol–water partition coefficient (Wildman–Crippen LogP) is 1.53. The third-order valence-electron chi connectivity index (χ3n) is 2.17. The van der Waals surface area contributed by atoms with Crippen molar-refractivity contribution in [3.8, 4) is 0 Å². The fraction of sp³-hybridized carbons (Fsp3) is 0.0909. The molecule has 0 aliphatic carbocycles. The zero-order chi connectivity index (χ0) is 11.5. The summed E-state index contributed by atoms with van der Waals surface area (Å²) in [6, 6.07) is 8.67. The number of nitrogen functional groups attached to an aromatic ring is 1. The van der Waals surface area contributed by atoms with E-state index < -0.39 is 0 Å². The largest absolute Gasteiger partial charge is 0.397 e. The van der Waals surface area contributed by atoms with E-state index in [1.54, 1.807) is 6.07 Å². The zero-order valence-corrected chi connectivity index (χ0v) is 9.19. The molecule has 1 aromatic heterocycles. The summed E-state index contributed by atoms with van der Waals surface area (Å²) in [6.07, 6.45) is 1.44. The molecule has 0 aliphatic rings. The molecule has 16 heavy (non-hydrogen) atoms. The maximum absolute atomic E-state index is 11.5. The fourth-order valence-corrected chi connectivity index (χ4v) is 1.55. The molecule has 0 unspecified atom stereocenters. The molecule has 1 heterocycles. The quantitative estimate of drug-likeness (QED) is 0.859. The number of rotatable bonds is 2. The number of aromatic nitrogens is 2. The third kappa shape index (κ3) is 2.23. The van der Waals surface area contributed by atoms with E-state index in [1.807, 2.05) is 18.2 Å². The van der Waals surface area contributed by atoms with Crippen molar-refractivity contribution in [2.45, 2.75) is 6.54 Å². The van der Waals surface area contributed by atoms with Crippen molar-refractivity contribution in [1.82, 2.24) is 9.78 Å². The topological polar surface area (TPSA) is 60.9 Å². The van der Waals surface area contributed by atoms with Gasteiger partial charge in [-0.3, -0.25) is 4.79 Å². The molecular weight excluding hydrogens is 226 g/mol. The minimum atomic E-state index is -0.236. The standard InChI is InChI=1S/C11H10ClN3O/c12-10-4-2-1-3-8(10)7-15-11(16)5-9(13)6-14-15/h1-6H,7,13H2. The molecule has 5 heteroatoms. The van der Waals surface area contributed by atoms with Crippen LogP contribution >= 0.6 is 11.6 Å². The van der Waals surface area contributed by atoms with Crippen molar-refractivity contribution in [3.63, 3.8) is 0 Å². The Morgan fingerprint density at radius 2 is 2.12 bits per heavy atom. The van der Waals surface area contributed by atoms with Gasteiger partial charge in [0.25, 0.3) is 5.56 Å². The molecular formula is C11H10ClN3O. The first-order chi connectivity index (χ1) is 7.66. The molecule has 0 bridgehead atoms. The molecule has 4 nitrogen and oxygen atoms in total. The highest BCUT2D eigenvalue weighted by atomic mass is 35.5. The molecule has 2 N–H and O–H groups in total. The number of anilines is 1. The number of nitrogens with zero attached hydrogens (tertiary/aromatic N) is 2. The predicted molar refractivity (Wildman–Crippen MR) is 63.5 cm³/mol. The van der Waals surface area contributed by atoms with Crippen LogP contribution in [0.3, 0.4) is 0 Å². The average molecular weight is 236 g/mol. The Labute approximate surface area is 97.3 Å². The number of benzene rings is 1. The molecule has 0 saturated heterocycles. The van der Waals surface area contributed by atoms with Crippen molar-refractivity contribution in [3.05, 3.63) is 57.5 Å². The summed E-state index contributed by atoms with van der Waals surface area (Å²) in [4.78, 5) is 11.5. The first-order valence-electron chi connectivity index (χ1n) is 4.73. The van der Waals surface area contributed by atoms with Crippen LogP contribution in [0.5, 0.6) is 0 Å². The van der Waals surface area contributed by atoms with Crippen LogP contribution in [-0.4, -0.2) is 9.78 Å². The van der Waals surface area contributed by atoms with Gasteiger partial charge < -0.3 is 5.73 Å². The lowest BCUT2D eigenvalue weighted by molar-refractivity contribution is 0.640. The molecule has 0 aliphatic heterocycles. The number of hydrogen-bond acceptors (Lipinski definition) is 3. The first-order valence-corrected chi connectivity index (χ1v) is 5.10. The van der Waals surface area contributed by atoms with Crippen LogP contribution < -0.4 is 11.3 Å². The molecule has 0 saturated carbocycles. The molecule has 0 fully saturated rings. The summed E-state index contributed by atoms with van der Waals surface area (Å²) in [7, 11) is 0. The molecule has 2 aromatic rings. The van der Waals surface area contributed by atoms with Crippen LogP contribution in [0.1, 0.15) is 5.56 Å². The van der Waals surface area contributed by atoms with Gasteiger partial charge in [-0.25, -0.2) is 4.68 Å². The van der Waals surface area contributed by atoms with E-state index in [1.165, 1.54) is 16.9 Å².